The lowest BCUT2D eigenvalue weighted by molar-refractivity contribution is 0.136. The fourth-order valence-corrected chi connectivity index (χ4v) is 5.11. The maximum absolute atomic E-state index is 11.5. The molecule has 0 aromatic carbocycles. The molecule has 3 aliphatic rings. The second-order valence-corrected chi connectivity index (χ2v) is 8.80. The summed E-state index contributed by atoms with van der Waals surface area (Å²) in [5, 5.41) is 3.80. The predicted octanol–water partition coefficient (Wildman–Crippen LogP) is 0.625. The average Bonchev–Trinajstić information content (AvgIpc) is 2.62. The molecule has 0 amide bonds. The van der Waals surface area contributed by atoms with E-state index in [0.717, 1.165) is 24.9 Å². The van der Waals surface area contributed by atoms with Gasteiger partial charge in [-0.15, -0.1) is 0 Å². The van der Waals surface area contributed by atoms with E-state index in [2.05, 4.69) is 17.3 Å². The topological polar surface area (TPSA) is 52.6 Å². The van der Waals surface area contributed by atoms with Crippen molar-refractivity contribution in [3.63, 3.8) is 0 Å². The summed E-state index contributed by atoms with van der Waals surface area (Å²) in [5.41, 5.74) is 0. The van der Waals surface area contributed by atoms with Gasteiger partial charge >= 0.3 is 0 Å². The maximum Gasteiger partial charge on any atom is 0.211 e. The second kappa shape index (κ2) is 5.55. The predicted molar refractivity (Wildman–Crippen MR) is 80.2 cm³/mol. The molecular formula is C14H27N3O2S. The second-order valence-electron chi connectivity index (χ2n) is 6.82. The van der Waals surface area contributed by atoms with Crippen LogP contribution in [0.4, 0.5) is 0 Å². The summed E-state index contributed by atoms with van der Waals surface area (Å²) in [7, 11) is -0.731. The maximum atomic E-state index is 11.5. The minimum Gasteiger partial charge on any atom is -0.311 e. The molecule has 0 aliphatic carbocycles. The van der Waals surface area contributed by atoms with Crippen molar-refractivity contribution in [3.05, 3.63) is 0 Å². The van der Waals surface area contributed by atoms with Gasteiger partial charge in [0.2, 0.25) is 10.0 Å². The average molecular weight is 301 g/mol. The summed E-state index contributed by atoms with van der Waals surface area (Å²) in [6, 6.07) is 2.67. The van der Waals surface area contributed by atoms with Crippen molar-refractivity contribution in [2.45, 2.75) is 62.7 Å². The van der Waals surface area contributed by atoms with E-state index in [4.69, 9.17) is 0 Å². The van der Waals surface area contributed by atoms with Gasteiger partial charge in [0, 0.05) is 37.3 Å². The van der Waals surface area contributed by atoms with Gasteiger partial charge in [-0.25, -0.2) is 12.7 Å². The van der Waals surface area contributed by atoms with Crippen LogP contribution in [0.2, 0.25) is 0 Å². The number of hydrogen-bond acceptors (Lipinski definition) is 4. The zero-order valence-electron chi connectivity index (χ0n) is 12.6. The Morgan fingerprint density at radius 2 is 1.50 bits per heavy atom. The van der Waals surface area contributed by atoms with Gasteiger partial charge in [0.25, 0.3) is 0 Å². The van der Waals surface area contributed by atoms with Gasteiger partial charge in [-0.1, -0.05) is 0 Å². The van der Waals surface area contributed by atoms with E-state index in [1.165, 1.54) is 31.9 Å². The minimum atomic E-state index is -3.00. The molecule has 0 aromatic heterocycles. The zero-order chi connectivity index (χ0) is 14.3. The molecule has 6 heteroatoms. The van der Waals surface area contributed by atoms with E-state index < -0.39 is 10.0 Å². The molecule has 116 valence electrons. The number of rotatable bonds is 3. The lowest BCUT2D eigenvalue weighted by atomic mass is 9.95. The van der Waals surface area contributed by atoms with Gasteiger partial charge in [-0.3, -0.25) is 0 Å². The van der Waals surface area contributed by atoms with Crippen molar-refractivity contribution in [1.29, 1.82) is 0 Å². The molecule has 20 heavy (non-hydrogen) atoms. The highest BCUT2D eigenvalue weighted by Crippen LogP contribution is 2.34. The molecule has 3 saturated heterocycles. The smallest absolute Gasteiger partial charge is 0.211 e. The fourth-order valence-electron chi connectivity index (χ4n) is 4.24. The molecule has 3 heterocycles. The summed E-state index contributed by atoms with van der Waals surface area (Å²) in [6.07, 6.45) is 8.45. The Morgan fingerprint density at radius 1 is 0.950 bits per heavy atom. The van der Waals surface area contributed by atoms with Gasteiger partial charge in [0.05, 0.1) is 6.26 Å². The summed E-state index contributed by atoms with van der Waals surface area (Å²) in [5.74, 6) is 0. The van der Waals surface area contributed by atoms with E-state index in [1.54, 1.807) is 4.31 Å². The number of fused-ring (bicyclic) bond motifs is 2. The highest BCUT2D eigenvalue weighted by molar-refractivity contribution is 7.88. The van der Waals surface area contributed by atoms with Crippen LogP contribution in [0.15, 0.2) is 0 Å². The van der Waals surface area contributed by atoms with Crippen LogP contribution in [0, 0.1) is 0 Å². The summed E-state index contributed by atoms with van der Waals surface area (Å²) in [6.45, 7) is 1.35. The third-order valence-corrected chi connectivity index (χ3v) is 6.80. The number of sulfonamides is 1. The van der Waals surface area contributed by atoms with E-state index in [-0.39, 0.29) is 0 Å². The molecule has 2 unspecified atom stereocenters. The number of nitrogens with one attached hydrogen (secondary N) is 1. The Kier molecular flexibility index (Phi) is 4.10. The first-order valence-electron chi connectivity index (χ1n) is 7.86. The van der Waals surface area contributed by atoms with Crippen LogP contribution in [-0.4, -0.2) is 68.2 Å². The molecule has 0 saturated carbocycles. The molecule has 0 spiro atoms. The first-order chi connectivity index (χ1) is 9.43. The number of hydrogen-bond donors (Lipinski definition) is 1. The Labute approximate surface area is 122 Å². The van der Waals surface area contributed by atoms with Gasteiger partial charge < -0.3 is 10.2 Å². The highest BCUT2D eigenvalue weighted by atomic mass is 32.2. The Hall–Kier alpha value is -0.170. The zero-order valence-corrected chi connectivity index (χ0v) is 13.4. The minimum absolute atomic E-state index is 0.501. The molecule has 3 aliphatic heterocycles. The molecule has 2 atom stereocenters. The Bertz CT molecular complexity index is 431. The van der Waals surface area contributed by atoms with Gasteiger partial charge in [0.1, 0.15) is 0 Å². The van der Waals surface area contributed by atoms with Crippen LogP contribution in [0.1, 0.15) is 38.5 Å². The lowest BCUT2D eigenvalue weighted by Crippen LogP contribution is -2.52. The molecule has 2 bridgehead atoms. The third kappa shape index (κ3) is 3.03. The van der Waals surface area contributed by atoms with Crippen LogP contribution in [-0.2, 0) is 10.0 Å². The highest BCUT2D eigenvalue weighted by Gasteiger charge is 2.39. The van der Waals surface area contributed by atoms with Crippen molar-refractivity contribution in [3.8, 4) is 0 Å². The van der Waals surface area contributed by atoms with Gasteiger partial charge in [-0.2, -0.15) is 0 Å². The first-order valence-corrected chi connectivity index (χ1v) is 9.71. The van der Waals surface area contributed by atoms with Crippen LogP contribution >= 0.6 is 0 Å². The molecule has 1 N–H and O–H groups in total. The van der Waals surface area contributed by atoms with Crippen LogP contribution in [0.3, 0.4) is 0 Å². The lowest BCUT2D eigenvalue weighted by Gasteiger charge is -2.40. The van der Waals surface area contributed by atoms with Gasteiger partial charge in [-0.05, 0) is 45.6 Å². The first kappa shape index (κ1) is 14.8. The Morgan fingerprint density at radius 3 is 2.00 bits per heavy atom. The van der Waals surface area contributed by atoms with E-state index >= 15 is 0 Å². The van der Waals surface area contributed by atoms with Crippen molar-refractivity contribution in [1.82, 2.24) is 14.5 Å². The van der Waals surface area contributed by atoms with Crippen molar-refractivity contribution in [2.75, 3.05) is 26.4 Å². The summed E-state index contributed by atoms with van der Waals surface area (Å²) < 4.78 is 24.6. The van der Waals surface area contributed by atoms with Crippen molar-refractivity contribution in [2.24, 2.45) is 0 Å². The SMILES string of the molecule is CN1C2CCC1CC(NC1CCN(S(C)(=O)=O)CC1)C2. The monoisotopic (exact) mass is 301 g/mol. The van der Waals surface area contributed by atoms with Crippen LogP contribution in [0.25, 0.3) is 0 Å². The standard InChI is InChI=1S/C14H27N3O2S/c1-16-13-3-4-14(16)10-12(9-13)15-11-5-7-17(8-6-11)20(2,18)19/h11-15H,3-10H2,1-2H3. The summed E-state index contributed by atoms with van der Waals surface area (Å²) in [4.78, 5) is 2.56. The largest absolute Gasteiger partial charge is 0.311 e. The molecule has 5 nitrogen and oxygen atoms in total. The van der Waals surface area contributed by atoms with Gasteiger partial charge in [0.15, 0.2) is 0 Å². The quantitative estimate of drug-likeness (QED) is 0.830. The molecule has 3 fully saturated rings. The molecule has 3 rings (SSSR count). The normalized spacial score (nSPS) is 37.4. The van der Waals surface area contributed by atoms with Crippen molar-refractivity contribution < 1.29 is 8.42 Å². The molecule has 0 radical (unpaired) electrons. The number of piperidine rings is 2. The van der Waals surface area contributed by atoms with Crippen LogP contribution in [0.5, 0.6) is 0 Å². The van der Waals surface area contributed by atoms with E-state index in [0.29, 0.717) is 25.2 Å². The Balaban J connectivity index is 1.49. The third-order valence-electron chi connectivity index (χ3n) is 5.49. The van der Waals surface area contributed by atoms with Crippen molar-refractivity contribution >= 4 is 10.0 Å². The molecule has 0 aromatic rings. The molecular weight excluding hydrogens is 274 g/mol. The summed E-state index contributed by atoms with van der Waals surface area (Å²) >= 11 is 0. The van der Waals surface area contributed by atoms with Crippen LogP contribution < -0.4 is 5.32 Å². The fraction of sp³-hybridized carbons (Fsp3) is 1.00. The van der Waals surface area contributed by atoms with E-state index in [9.17, 15) is 8.42 Å². The van der Waals surface area contributed by atoms with E-state index in [1.807, 2.05) is 0 Å². The number of nitrogens with zero attached hydrogens (tertiary/aromatic N) is 2.